The molecule has 0 spiro atoms. The smallest absolute Gasteiger partial charge is 0.0917 e. The number of benzene rings is 2. The van der Waals surface area contributed by atoms with E-state index in [0.717, 1.165) is 42.6 Å². The summed E-state index contributed by atoms with van der Waals surface area (Å²) < 4.78 is 1.04. The lowest BCUT2D eigenvalue weighted by atomic mass is 10.1. The van der Waals surface area contributed by atoms with Gasteiger partial charge in [0.2, 0.25) is 0 Å². The molecule has 2 unspecified atom stereocenters. The molecule has 0 heterocycles. The highest BCUT2D eigenvalue weighted by Gasteiger charge is 2.19. The SMILES string of the molecule is CCN(CC)CCCC(C)N(Cc1ccccc1)CC(O)c1ccc(Br)cc1. The van der Waals surface area contributed by atoms with Crippen molar-refractivity contribution < 1.29 is 5.11 Å². The molecule has 0 saturated heterocycles. The molecule has 0 radical (unpaired) electrons. The van der Waals surface area contributed by atoms with E-state index < -0.39 is 6.10 Å². The number of rotatable bonds is 12. The number of hydrogen-bond donors (Lipinski definition) is 1. The van der Waals surface area contributed by atoms with Crippen molar-refractivity contribution in [3.05, 3.63) is 70.2 Å². The molecule has 2 rings (SSSR count). The third kappa shape index (κ3) is 7.67. The van der Waals surface area contributed by atoms with E-state index in [1.165, 1.54) is 12.0 Å². The van der Waals surface area contributed by atoms with Gasteiger partial charge in [0.15, 0.2) is 0 Å². The zero-order valence-corrected chi connectivity index (χ0v) is 19.1. The fraction of sp³-hybridized carbons (Fsp3) is 0.500. The summed E-state index contributed by atoms with van der Waals surface area (Å²) >= 11 is 3.47. The Morgan fingerprint density at radius 2 is 1.61 bits per heavy atom. The van der Waals surface area contributed by atoms with Crippen LogP contribution in [-0.4, -0.2) is 47.1 Å². The van der Waals surface area contributed by atoms with Gasteiger partial charge in [-0.15, -0.1) is 0 Å². The fourth-order valence-electron chi connectivity index (χ4n) is 3.56. The first-order valence-corrected chi connectivity index (χ1v) is 11.3. The Labute approximate surface area is 179 Å². The van der Waals surface area contributed by atoms with Crippen LogP contribution in [0.3, 0.4) is 0 Å². The van der Waals surface area contributed by atoms with Crippen LogP contribution in [0.5, 0.6) is 0 Å². The van der Waals surface area contributed by atoms with E-state index in [4.69, 9.17) is 0 Å². The number of nitrogens with zero attached hydrogens (tertiary/aromatic N) is 2. The minimum Gasteiger partial charge on any atom is -0.387 e. The predicted molar refractivity (Wildman–Crippen MR) is 122 cm³/mol. The van der Waals surface area contributed by atoms with E-state index in [9.17, 15) is 5.11 Å². The molecular weight excluding hydrogens is 412 g/mol. The van der Waals surface area contributed by atoms with Crippen molar-refractivity contribution in [2.24, 2.45) is 0 Å². The van der Waals surface area contributed by atoms with Gasteiger partial charge >= 0.3 is 0 Å². The van der Waals surface area contributed by atoms with Crippen LogP contribution in [0.2, 0.25) is 0 Å². The van der Waals surface area contributed by atoms with Crippen LogP contribution in [-0.2, 0) is 6.54 Å². The Morgan fingerprint density at radius 3 is 2.21 bits per heavy atom. The van der Waals surface area contributed by atoms with Crippen LogP contribution in [0.15, 0.2) is 59.1 Å². The van der Waals surface area contributed by atoms with Gasteiger partial charge < -0.3 is 10.0 Å². The fourth-order valence-corrected chi connectivity index (χ4v) is 3.83. The van der Waals surface area contributed by atoms with Crippen LogP contribution >= 0.6 is 15.9 Å². The standard InChI is InChI=1S/C24H35BrN2O/c1-4-26(5-2)17-9-10-20(3)27(18-21-11-7-6-8-12-21)19-24(28)22-13-15-23(25)16-14-22/h6-8,11-16,20,24,28H,4-5,9-10,17-19H2,1-3H3. The zero-order valence-electron chi connectivity index (χ0n) is 17.5. The van der Waals surface area contributed by atoms with Crippen LogP contribution in [0, 0.1) is 0 Å². The van der Waals surface area contributed by atoms with Crippen molar-refractivity contribution in [1.29, 1.82) is 0 Å². The van der Waals surface area contributed by atoms with Gasteiger partial charge in [-0.1, -0.05) is 72.2 Å². The molecule has 154 valence electrons. The number of halogens is 1. The van der Waals surface area contributed by atoms with E-state index in [1.54, 1.807) is 0 Å². The average Bonchev–Trinajstić information content (AvgIpc) is 2.71. The molecular formula is C24H35BrN2O. The highest BCUT2D eigenvalue weighted by molar-refractivity contribution is 9.10. The summed E-state index contributed by atoms with van der Waals surface area (Å²) in [6, 6.07) is 19.0. The van der Waals surface area contributed by atoms with Crippen molar-refractivity contribution in [3.63, 3.8) is 0 Å². The van der Waals surface area contributed by atoms with E-state index in [-0.39, 0.29) is 0 Å². The van der Waals surface area contributed by atoms with Crippen molar-refractivity contribution >= 4 is 15.9 Å². The average molecular weight is 447 g/mol. The number of hydrogen-bond acceptors (Lipinski definition) is 3. The maximum absolute atomic E-state index is 10.8. The lowest BCUT2D eigenvalue weighted by molar-refractivity contribution is 0.0816. The highest BCUT2D eigenvalue weighted by atomic mass is 79.9. The normalized spacial score (nSPS) is 13.8. The minimum absolute atomic E-state index is 0.417. The van der Waals surface area contributed by atoms with Gasteiger partial charge in [0.25, 0.3) is 0 Å². The highest BCUT2D eigenvalue weighted by Crippen LogP contribution is 2.21. The molecule has 1 N–H and O–H groups in total. The molecule has 2 aromatic carbocycles. The molecule has 3 nitrogen and oxygen atoms in total. The first-order chi connectivity index (χ1) is 13.5. The van der Waals surface area contributed by atoms with Crippen LogP contribution < -0.4 is 0 Å². The second-order valence-corrected chi connectivity index (χ2v) is 8.42. The summed E-state index contributed by atoms with van der Waals surface area (Å²) in [5.41, 5.74) is 2.26. The Bertz CT molecular complexity index is 658. The first-order valence-electron chi connectivity index (χ1n) is 10.5. The molecule has 0 bridgehead atoms. The van der Waals surface area contributed by atoms with Crippen LogP contribution in [0.4, 0.5) is 0 Å². The largest absolute Gasteiger partial charge is 0.387 e. The van der Waals surface area contributed by atoms with Gasteiger partial charge in [0.05, 0.1) is 6.10 Å². The third-order valence-corrected chi connectivity index (χ3v) is 6.03. The maximum Gasteiger partial charge on any atom is 0.0917 e. The quantitative estimate of drug-likeness (QED) is 0.466. The molecule has 0 aliphatic carbocycles. The predicted octanol–water partition coefficient (Wildman–Crippen LogP) is 5.50. The summed E-state index contributed by atoms with van der Waals surface area (Å²) in [6.45, 7) is 11.6. The molecule has 4 heteroatoms. The molecule has 0 aromatic heterocycles. The Morgan fingerprint density at radius 1 is 0.964 bits per heavy atom. The topological polar surface area (TPSA) is 26.7 Å². The van der Waals surface area contributed by atoms with Crippen LogP contribution in [0.1, 0.15) is 50.8 Å². The van der Waals surface area contributed by atoms with E-state index in [2.05, 4.69) is 76.8 Å². The Kier molecular flexibility index (Phi) is 10.2. The van der Waals surface area contributed by atoms with Gasteiger partial charge in [-0.05, 0) is 62.7 Å². The molecule has 0 amide bonds. The van der Waals surface area contributed by atoms with Gasteiger partial charge in [0.1, 0.15) is 0 Å². The van der Waals surface area contributed by atoms with E-state index in [0.29, 0.717) is 12.6 Å². The lowest BCUT2D eigenvalue weighted by Gasteiger charge is -2.32. The second kappa shape index (κ2) is 12.4. The molecule has 2 aromatic rings. The van der Waals surface area contributed by atoms with Crippen LogP contribution in [0.25, 0.3) is 0 Å². The van der Waals surface area contributed by atoms with Gasteiger partial charge in [-0.2, -0.15) is 0 Å². The second-order valence-electron chi connectivity index (χ2n) is 7.50. The van der Waals surface area contributed by atoms with Crippen molar-refractivity contribution in [2.45, 2.75) is 52.3 Å². The van der Waals surface area contributed by atoms with Gasteiger partial charge in [-0.25, -0.2) is 0 Å². The Hall–Kier alpha value is -1.20. The minimum atomic E-state index is -0.484. The first kappa shape index (κ1) is 23.1. The third-order valence-electron chi connectivity index (χ3n) is 5.50. The summed E-state index contributed by atoms with van der Waals surface area (Å²) in [5, 5.41) is 10.8. The number of aliphatic hydroxyl groups excluding tert-OH is 1. The summed E-state index contributed by atoms with van der Waals surface area (Å²) in [7, 11) is 0. The van der Waals surface area contributed by atoms with E-state index >= 15 is 0 Å². The number of aliphatic hydroxyl groups is 1. The molecule has 0 aliphatic rings. The molecule has 0 saturated carbocycles. The summed E-state index contributed by atoms with van der Waals surface area (Å²) in [6.07, 6.45) is 1.83. The maximum atomic E-state index is 10.8. The van der Waals surface area contributed by atoms with Gasteiger partial charge in [-0.3, -0.25) is 4.90 Å². The van der Waals surface area contributed by atoms with E-state index in [1.807, 2.05) is 24.3 Å². The molecule has 2 atom stereocenters. The summed E-state index contributed by atoms with van der Waals surface area (Å²) in [4.78, 5) is 4.90. The summed E-state index contributed by atoms with van der Waals surface area (Å²) in [5.74, 6) is 0. The molecule has 0 aliphatic heterocycles. The molecule has 28 heavy (non-hydrogen) atoms. The Balaban J connectivity index is 2.02. The monoisotopic (exact) mass is 446 g/mol. The van der Waals surface area contributed by atoms with Gasteiger partial charge in [0, 0.05) is 23.6 Å². The van der Waals surface area contributed by atoms with Crippen molar-refractivity contribution in [3.8, 4) is 0 Å². The van der Waals surface area contributed by atoms with Crippen molar-refractivity contribution in [2.75, 3.05) is 26.2 Å². The van der Waals surface area contributed by atoms with Crippen molar-refractivity contribution in [1.82, 2.24) is 9.80 Å². The lowest BCUT2D eigenvalue weighted by Crippen LogP contribution is -2.36. The zero-order chi connectivity index (χ0) is 20.4. The molecule has 0 fully saturated rings.